The Bertz CT molecular complexity index is 679. The molecule has 1 saturated heterocycles. The zero-order valence-corrected chi connectivity index (χ0v) is 17.2. The summed E-state index contributed by atoms with van der Waals surface area (Å²) >= 11 is 0. The maximum Gasteiger partial charge on any atom is 0.358 e. The molecule has 30 heavy (non-hydrogen) atoms. The van der Waals surface area contributed by atoms with Gasteiger partial charge in [-0.05, 0) is 55.3 Å². The van der Waals surface area contributed by atoms with Crippen molar-refractivity contribution in [1.29, 1.82) is 0 Å². The Morgan fingerprint density at radius 2 is 1.63 bits per heavy atom. The van der Waals surface area contributed by atoms with E-state index in [4.69, 9.17) is 9.47 Å². The second-order valence-electron chi connectivity index (χ2n) is 9.14. The first kappa shape index (κ1) is 21.2. The molecule has 0 aromatic carbocycles. The van der Waals surface area contributed by atoms with Crippen molar-refractivity contribution in [3.05, 3.63) is 0 Å². The predicted molar refractivity (Wildman–Crippen MR) is 102 cm³/mol. The first-order chi connectivity index (χ1) is 14.4. The van der Waals surface area contributed by atoms with E-state index >= 15 is 0 Å². The molecule has 166 valence electrons. The van der Waals surface area contributed by atoms with Gasteiger partial charge < -0.3 is 19.6 Å². The van der Waals surface area contributed by atoms with Crippen molar-refractivity contribution < 1.29 is 33.5 Å². The molecule has 2 unspecified atom stereocenters. The first-order valence-corrected chi connectivity index (χ1v) is 10.9. The van der Waals surface area contributed by atoms with Crippen molar-refractivity contribution in [1.82, 2.24) is 10.4 Å². The first-order valence-electron chi connectivity index (χ1n) is 10.9. The number of carbonyl (C=O) groups excluding carboxylic acids is 4. The largest absolute Gasteiger partial charge is 0.377 e. The summed E-state index contributed by atoms with van der Waals surface area (Å²) in [6.07, 6.45) is 7.26. The molecule has 1 aliphatic heterocycles. The SMILES string of the molecule is O=C(CC12CC3CC(CC1C3)C2)NCCOCCOCC(=O)ON1C(=O)CCC1=O. The summed E-state index contributed by atoms with van der Waals surface area (Å²) in [5.74, 6) is 0.739. The molecule has 3 amide bonds. The Morgan fingerprint density at radius 1 is 0.967 bits per heavy atom. The lowest BCUT2D eigenvalue weighted by Crippen LogP contribution is -2.34. The fourth-order valence-corrected chi connectivity index (χ4v) is 6.06. The highest BCUT2D eigenvalue weighted by molar-refractivity contribution is 6.01. The van der Waals surface area contributed by atoms with Crippen LogP contribution in [-0.2, 0) is 33.5 Å². The Morgan fingerprint density at radius 3 is 2.33 bits per heavy atom. The lowest BCUT2D eigenvalue weighted by molar-refractivity contribution is -0.200. The number of nitrogens with one attached hydrogen (secondary N) is 1. The quantitative estimate of drug-likeness (QED) is 0.390. The van der Waals surface area contributed by atoms with Gasteiger partial charge in [0, 0.05) is 25.8 Å². The fourth-order valence-electron chi connectivity index (χ4n) is 6.06. The minimum Gasteiger partial charge on any atom is -0.377 e. The van der Waals surface area contributed by atoms with Gasteiger partial charge in [0.05, 0.1) is 19.8 Å². The molecular formula is C21H30N2O7. The van der Waals surface area contributed by atoms with Gasteiger partial charge in [-0.25, -0.2) is 4.79 Å². The lowest BCUT2D eigenvalue weighted by atomic mass is 9.73. The van der Waals surface area contributed by atoms with Gasteiger partial charge in [-0.1, -0.05) is 0 Å². The van der Waals surface area contributed by atoms with E-state index < -0.39 is 17.8 Å². The normalized spacial score (nSPS) is 31.6. The summed E-state index contributed by atoms with van der Waals surface area (Å²) < 4.78 is 10.5. The predicted octanol–water partition coefficient (Wildman–Crippen LogP) is 0.959. The molecule has 5 rings (SSSR count). The Hall–Kier alpha value is -2.00. The van der Waals surface area contributed by atoms with Crippen molar-refractivity contribution in [2.24, 2.45) is 23.2 Å². The topological polar surface area (TPSA) is 111 Å². The van der Waals surface area contributed by atoms with Crippen LogP contribution in [0.5, 0.6) is 0 Å². The zero-order chi connectivity index (χ0) is 21.1. The molecule has 0 aromatic rings. The number of rotatable bonds is 11. The van der Waals surface area contributed by atoms with Crippen LogP contribution in [-0.4, -0.2) is 61.7 Å². The molecule has 4 bridgehead atoms. The minimum absolute atomic E-state index is 0.0555. The summed E-state index contributed by atoms with van der Waals surface area (Å²) in [6, 6.07) is 0. The van der Waals surface area contributed by atoms with Crippen LogP contribution in [0.4, 0.5) is 0 Å². The van der Waals surface area contributed by atoms with Crippen molar-refractivity contribution >= 4 is 23.7 Å². The van der Waals surface area contributed by atoms with E-state index in [0.717, 1.165) is 17.8 Å². The van der Waals surface area contributed by atoms with Crippen molar-refractivity contribution in [2.45, 2.75) is 51.4 Å². The maximum atomic E-state index is 12.4. The van der Waals surface area contributed by atoms with E-state index in [-0.39, 0.29) is 44.0 Å². The smallest absolute Gasteiger partial charge is 0.358 e. The molecular weight excluding hydrogens is 392 g/mol. The van der Waals surface area contributed by atoms with Crippen LogP contribution in [0, 0.1) is 23.2 Å². The molecule has 9 heteroatoms. The Balaban J connectivity index is 1.01. The number of imide groups is 1. The van der Waals surface area contributed by atoms with Gasteiger partial charge in [0.15, 0.2) is 0 Å². The maximum absolute atomic E-state index is 12.4. The third kappa shape index (κ3) is 4.67. The van der Waals surface area contributed by atoms with Crippen LogP contribution in [0.25, 0.3) is 0 Å². The van der Waals surface area contributed by atoms with Crippen molar-refractivity contribution in [2.75, 3.05) is 33.0 Å². The number of amides is 3. The number of hydrogen-bond acceptors (Lipinski definition) is 7. The second kappa shape index (κ2) is 9.01. The molecule has 4 saturated carbocycles. The van der Waals surface area contributed by atoms with Crippen LogP contribution in [0.15, 0.2) is 0 Å². The average molecular weight is 422 g/mol. The third-order valence-corrected chi connectivity index (χ3v) is 7.03. The van der Waals surface area contributed by atoms with Gasteiger partial charge >= 0.3 is 5.97 Å². The summed E-state index contributed by atoms with van der Waals surface area (Å²) in [5, 5.41) is 3.45. The monoisotopic (exact) mass is 422 g/mol. The van der Waals surface area contributed by atoms with E-state index in [1.807, 2.05) is 0 Å². The van der Waals surface area contributed by atoms with E-state index in [2.05, 4.69) is 10.2 Å². The number of hydrogen-bond donors (Lipinski definition) is 1. The summed E-state index contributed by atoms with van der Waals surface area (Å²) in [5.41, 5.74) is 0.269. The van der Waals surface area contributed by atoms with E-state index in [9.17, 15) is 19.2 Å². The van der Waals surface area contributed by atoms with Gasteiger partial charge in [0.2, 0.25) is 5.91 Å². The number of nitrogens with zero attached hydrogens (tertiary/aromatic N) is 1. The van der Waals surface area contributed by atoms with Crippen LogP contribution in [0.2, 0.25) is 0 Å². The number of hydroxylamine groups is 2. The van der Waals surface area contributed by atoms with E-state index in [0.29, 0.717) is 24.6 Å². The Kier molecular flexibility index (Phi) is 6.38. The van der Waals surface area contributed by atoms with Gasteiger partial charge in [0.1, 0.15) is 6.61 Å². The van der Waals surface area contributed by atoms with Gasteiger partial charge in [-0.2, -0.15) is 0 Å². The van der Waals surface area contributed by atoms with Gasteiger partial charge in [-0.15, -0.1) is 5.06 Å². The second-order valence-corrected chi connectivity index (χ2v) is 9.14. The Labute approximate surface area is 175 Å². The van der Waals surface area contributed by atoms with Crippen LogP contribution >= 0.6 is 0 Å². The highest BCUT2D eigenvalue weighted by Gasteiger charge is 2.57. The summed E-state index contributed by atoms with van der Waals surface area (Å²) in [4.78, 5) is 51.3. The standard InChI is InChI=1S/C21H30N2O7/c24-17(12-21-10-14-7-15(11-21)9-16(21)8-14)22-3-4-28-5-6-29-13-20(27)30-23-18(25)1-2-19(23)26/h14-16H,1-13H2,(H,22,24). The molecule has 5 fully saturated rings. The molecule has 1 N–H and O–H groups in total. The van der Waals surface area contributed by atoms with Crippen LogP contribution in [0.1, 0.15) is 51.4 Å². The number of carbonyl (C=O) groups is 4. The van der Waals surface area contributed by atoms with Crippen molar-refractivity contribution in [3.8, 4) is 0 Å². The number of ether oxygens (including phenoxy) is 2. The third-order valence-electron chi connectivity index (χ3n) is 7.03. The highest BCUT2D eigenvalue weighted by atomic mass is 16.7. The molecule has 0 radical (unpaired) electrons. The van der Waals surface area contributed by atoms with Gasteiger partial charge in [-0.3, -0.25) is 14.4 Å². The van der Waals surface area contributed by atoms with Gasteiger partial charge in [0.25, 0.3) is 11.8 Å². The van der Waals surface area contributed by atoms with Crippen LogP contribution in [0.3, 0.4) is 0 Å². The molecule has 1 heterocycles. The van der Waals surface area contributed by atoms with E-state index in [1.54, 1.807) is 0 Å². The van der Waals surface area contributed by atoms with Crippen molar-refractivity contribution in [3.63, 3.8) is 0 Å². The minimum atomic E-state index is -0.806. The molecule has 5 aliphatic rings. The molecule has 0 aromatic heterocycles. The molecule has 9 nitrogen and oxygen atoms in total. The molecule has 0 spiro atoms. The lowest BCUT2D eigenvalue weighted by Gasteiger charge is -2.32. The molecule has 4 aliphatic carbocycles. The molecule has 2 atom stereocenters. The summed E-state index contributed by atoms with van der Waals surface area (Å²) in [6.45, 7) is 0.882. The fraction of sp³-hybridized carbons (Fsp3) is 0.810. The zero-order valence-electron chi connectivity index (χ0n) is 17.2. The highest BCUT2D eigenvalue weighted by Crippen LogP contribution is 2.66. The summed E-state index contributed by atoms with van der Waals surface area (Å²) in [7, 11) is 0. The van der Waals surface area contributed by atoms with E-state index in [1.165, 1.54) is 32.1 Å². The average Bonchev–Trinajstić information content (AvgIpc) is 3.22. The van der Waals surface area contributed by atoms with Crippen LogP contribution < -0.4 is 5.32 Å².